The van der Waals surface area contributed by atoms with Crippen molar-refractivity contribution in [2.45, 2.75) is 6.42 Å². The number of benzene rings is 1. The Kier molecular flexibility index (Phi) is 2.17. The molecule has 2 atom stereocenters. The van der Waals surface area contributed by atoms with Gasteiger partial charge in [0.25, 0.3) is 0 Å². The Morgan fingerprint density at radius 1 is 1.06 bits per heavy atom. The van der Waals surface area contributed by atoms with E-state index in [0.29, 0.717) is 11.8 Å². The quantitative estimate of drug-likeness (QED) is 0.684. The van der Waals surface area contributed by atoms with Crippen LogP contribution in [-0.4, -0.2) is 0 Å². The van der Waals surface area contributed by atoms with Gasteiger partial charge >= 0.3 is 0 Å². The van der Waals surface area contributed by atoms with Crippen LogP contribution in [0.3, 0.4) is 0 Å². The van der Waals surface area contributed by atoms with E-state index in [1.165, 1.54) is 10.4 Å². The van der Waals surface area contributed by atoms with E-state index in [1.807, 2.05) is 6.08 Å². The number of allylic oxidation sites excluding steroid dienone is 3. The second kappa shape index (κ2) is 3.67. The normalized spacial score (nSPS) is 26.6. The minimum Gasteiger partial charge on any atom is -0.399 e. The van der Waals surface area contributed by atoms with Crippen molar-refractivity contribution in [3.8, 4) is 0 Å². The van der Waals surface area contributed by atoms with Crippen molar-refractivity contribution >= 4 is 12.2 Å². The third-order valence-electron chi connectivity index (χ3n) is 3.39. The predicted octanol–water partition coefficient (Wildman–Crippen LogP) is 1.30. The van der Waals surface area contributed by atoms with Crippen molar-refractivity contribution in [1.29, 1.82) is 0 Å². The summed E-state index contributed by atoms with van der Waals surface area (Å²) in [5, 5.41) is 2.67. The first kappa shape index (κ1) is 9.46. The van der Waals surface area contributed by atoms with E-state index in [-0.39, 0.29) is 0 Å². The highest BCUT2D eigenvalue weighted by atomic mass is 14.6. The molecular formula is C15H15N. The molecule has 0 saturated carbocycles. The van der Waals surface area contributed by atoms with Crippen molar-refractivity contribution in [2.24, 2.45) is 17.6 Å². The summed E-state index contributed by atoms with van der Waals surface area (Å²) in [5.74, 6) is 1.02. The highest BCUT2D eigenvalue weighted by Crippen LogP contribution is 2.26. The summed E-state index contributed by atoms with van der Waals surface area (Å²) in [6, 6.07) is 8.55. The standard InChI is InChI=1S/C15H15N/c16-15-8-7-12-6-5-11-3-1-2-4-13(11)9-14(12)10-15/h1-5,7-10,12,14H,6,16H2. The first-order chi connectivity index (χ1) is 7.83. The SMILES string of the molecule is NC1=CC2C=c3ccccc3=CCC2C=C1. The number of nitrogens with two attached hydrogens (primary N) is 1. The minimum atomic E-state index is 0.449. The largest absolute Gasteiger partial charge is 0.399 e. The second-order valence-corrected chi connectivity index (χ2v) is 4.50. The van der Waals surface area contributed by atoms with Gasteiger partial charge in [0.05, 0.1) is 0 Å². The Hall–Kier alpha value is -1.76. The molecule has 80 valence electrons. The van der Waals surface area contributed by atoms with Crippen molar-refractivity contribution in [1.82, 2.24) is 0 Å². The molecule has 2 aliphatic rings. The average molecular weight is 209 g/mol. The first-order valence-corrected chi connectivity index (χ1v) is 5.75. The molecule has 0 fully saturated rings. The fourth-order valence-electron chi connectivity index (χ4n) is 2.49. The molecule has 0 bridgehead atoms. The van der Waals surface area contributed by atoms with Gasteiger partial charge in [0.15, 0.2) is 0 Å². The molecule has 16 heavy (non-hydrogen) atoms. The fraction of sp³-hybridized carbons (Fsp3) is 0.200. The van der Waals surface area contributed by atoms with Crippen molar-refractivity contribution in [2.75, 3.05) is 0 Å². The Morgan fingerprint density at radius 3 is 2.75 bits per heavy atom. The average Bonchev–Trinajstić information content (AvgIpc) is 2.47. The van der Waals surface area contributed by atoms with Crippen molar-refractivity contribution in [3.63, 3.8) is 0 Å². The zero-order valence-corrected chi connectivity index (χ0v) is 9.14. The summed E-state index contributed by atoms with van der Waals surface area (Å²) >= 11 is 0. The highest BCUT2D eigenvalue weighted by molar-refractivity contribution is 5.44. The van der Waals surface area contributed by atoms with E-state index in [4.69, 9.17) is 5.73 Å². The van der Waals surface area contributed by atoms with Crippen LogP contribution < -0.4 is 16.2 Å². The summed E-state index contributed by atoms with van der Waals surface area (Å²) in [5.41, 5.74) is 6.74. The summed E-state index contributed by atoms with van der Waals surface area (Å²) < 4.78 is 0. The molecule has 1 aromatic rings. The van der Waals surface area contributed by atoms with Gasteiger partial charge in [0, 0.05) is 11.6 Å². The van der Waals surface area contributed by atoms with E-state index >= 15 is 0 Å². The summed E-state index contributed by atoms with van der Waals surface area (Å²) in [6.07, 6.45) is 12.2. The molecule has 0 saturated heterocycles. The lowest BCUT2D eigenvalue weighted by Crippen LogP contribution is -2.23. The zero-order valence-electron chi connectivity index (χ0n) is 9.14. The summed E-state index contributed by atoms with van der Waals surface area (Å²) in [6.45, 7) is 0. The van der Waals surface area contributed by atoms with Crippen LogP contribution in [0, 0.1) is 11.8 Å². The Labute approximate surface area is 95.3 Å². The van der Waals surface area contributed by atoms with Gasteiger partial charge < -0.3 is 5.73 Å². The Bertz CT molecular complexity index is 578. The van der Waals surface area contributed by atoms with Crippen molar-refractivity contribution < 1.29 is 0 Å². The third-order valence-corrected chi connectivity index (χ3v) is 3.39. The van der Waals surface area contributed by atoms with Gasteiger partial charge in [-0.1, -0.05) is 48.6 Å². The van der Waals surface area contributed by atoms with Crippen LogP contribution in [0.2, 0.25) is 0 Å². The molecule has 2 aliphatic carbocycles. The maximum Gasteiger partial charge on any atom is 0.0276 e. The van der Waals surface area contributed by atoms with Gasteiger partial charge in [-0.05, 0) is 28.9 Å². The molecule has 3 rings (SSSR count). The topological polar surface area (TPSA) is 26.0 Å². The van der Waals surface area contributed by atoms with Crippen LogP contribution in [0.25, 0.3) is 12.2 Å². The monoisotopic (exact) mass is 209 g/mol. The Balaban J connectivity index is 2.17. The van der Waals surface area contributed by atoms with Crippen LogP contribution in [-0.2, 0) is 0 Å². The van der Waals surface area contributed by atoms with Gasteiger partial charge in [0.1, 0.15) is 0 Å². The van der Waals surface area contributed by atoms with Crippen LogP contribution >= 0.6 is 0 Å². The number of fused-ring (bicyclic) bond motifs is 2. The predicted molar refractivity (Wildman–Crippen MR) is 67.6 cm³/mol. The highest BCUT2D eigenvalue weighted by Gasteiger charge is 2.18. The van der Waals surface area contributed by atoms with E-state index in [2.05, 4.69) is 48.6 Å². The molecule has 0 aliphatic heterocycles. The van der Waals surface area contributed by atoms with E-state index in [0.717, 1.165) is 12.1 Å². The maximum absolute atomic E-state index is 5.86. The molecule has 0 spiro atoms. The fourth-order valence-corrected chi connectivity index (χ4v) is 2.49. The Morgan fingerprint density at radius 2 is 1.88 bits per heavy atom. The van der Waals surface area contributed by atoms with Gasteiger partial charge in [-0.2, -0.15) is 0 Å². The molecule has 1 aromatic carbocycles. The van der Waals surface area contributed by atoms with Crippen LogP contribution in [0.1, 0.15) is 6.42 Å². The number of rotatable bonds is 0. The van der Waals surface area contributed by atoms with Crippen LogP contribution in [0.5, 0.6) is 0 Å². The lowest BCUT2D eigenvalue weighted by atomic mass is 9.85. The van der Waals surface area contributed by atoms with Gasteiger partial charge in [-0.15, -0.1) is 0 Å². The van der Waals surface area contributed by atoms with Gasteiger partial charge in [-0.3, -0.25) is 0 Å². The molecule has 0 radical (unpaired) electrons. The minimum absolute atomic E-state index is 0.449. The van der Waals surface area contributed by atoms with E-state index in [1.54, 1.807) is 0 Å². The number of hydrogen-bond donors (Lipinski definition) is 1. The molecule has 1 heteroatoms. The molecule has 0 amide bonds. The van der Waals surface area contributed by atoms with E-state index < -0.39 is 0 Å². The first-order valence-electron chi connectivity index (χ1n) is 5.75. The zero-order chi connectivity index (χ0) is 11.0. The smallest absolute Gasteiger partial charge is 0.0276 e. The van der Waals surface area contributed by atoms with Gasteiger partial charge in [-0.25, -0.2) is 0 Å². The molecule has 2 N–H and O–H groups in total. The van der Waals surface area contributed by atoms with E-state index in [9.17, 15) is 0 Å². The van der Waals surface area contributed by atoms with Crippen LogP contribution in [0.4, 0.5) is 0 Å². The summed E-state index contributed by atoms with van der Waals surface area (Å²) in [7, 11) is 0. The lowest BCUT2D eigenvalue weighted by molar-refractivity contribution is 0.591. The molecule has 0 heterocycles. The lowest BCUT2D eigenvalue weighted by Gasteiger charge is -2.20. The number of hydrogen-bond acceptors (Lipinski definition) is 1. The molecule has 2 unspecified atom stereocenters. The molecule has 0 aromatic heterocycles. The van der Waals surface area contributed by atoms with Crippen LogP contribution in [0.15, 0.2) is 48.2 Å². The molecular weight excluding hydrogens is 194 g/mol. The van der Waals surface area contributed by atoms with Crippen molar-refractivity contribution in [3.05, 3.63) is 58.6 Å². The summed E-state index contributed by atoms with van der Waals surface area (Å²) in [4.78, 5) is 0. The third kappa shape index (κ3) is 1.58. The van der Waals surface area contributed by atoms with Gasteiger partial charge in [0.2, 0.25) is 0 Å². The molecule has 1 nitrogen and oxygen atoms in total. The maximum atomic E-state index is 5.86. The second-order valence-electron chi connectivity index (χ2n) is 4.50.